The lowest BCUT2D eigenvalue weighted by Gasteiger charge is -2.18. The summed E-state index contributed by atoms with van der Waals surface area (Å²) in [7, 11) is 0. The molecule has 1 aliphatic rings. The number of rotatable bonds is 12. The van der Waals surface area contributed by atoms with Gasteiger partial charge in [-0.15, -0.1) is 12.4 Å². The third-order valence-corrected chi connectivity index (χ3v) is 5.89. The van der Waals surface area contributed by atoms with Crippen molar-refractivity contribution < 1.29 is 22.4 Å². The normalized spacial score (nSPS) is 16.4. The molecule has 1 unspecified atom stereocenters. The minimum atomic E-state index is -4.52. The molecule has 0 bridgehead atoms. The Hall–Kier alpha value is -1.80. The van der Waals surface area contributed by atoms with Gasteiger partial charge in [0.1, 0.15) is 5.75 Å². The fourth-order valence-corrected chi connectivity index (χ4v) is 4.02. The highest BCUT2D eigenvalue weighted by Gasteiger charge is 2.35. The van der Waals surface area contributed by atoms with Crippen LogP contribution in [0.15, 0.2) is 22.7 Å². The van der Waals surface area contributed by atoms with Crippen molar-refractivity contribution in [1.29, 1.82) is 0 Å². The van der Waals surface area contributed by atoms with Crippen LogP contribution in [-0.4, -0.2) is 29.8 Å². The van der Waals surface area contributed by atoms with Crippen molar-refractivity contribution in [2.75, 3.05) is 19.7 Å². The van der Waals surface area contributed by atoms with Crippen molar-refractivity contribution >= 4 is 12.4 Å². The van der Waals surface area contributed by atoms with Crippen LogP contribution in [0.3, 0.4) is 0 Å². The monoisotopic (exact) mass is 489 g/mol. The molecule has 0 spiro atoms. The third kappa shape index (κ3) is 8.49. The molecular formula is C24H35ClF3N3O2. The van der Waals surface area contributed by atoms with E-state index >= 15 is 0 Å². The van der Waals surface area contributed by atoms with Gasteiger partial charge < -0.3 is 14.6 Å². The van der Waals surface area contributed by atoms with Gasteiger partial charge in [-0.25, -0.2) is 0 Å². The molecule has 1 aliphatic heterocycles. The Kier molecular flexibility index (Phi) is 11.5. The molecule has 0 aliphatic carbocycles. The third-order valence-electron chi connectivity index (χ3n) is 5.89. The first-order valence-electron chi connectivity index (χ1n) is 11.9. The zero-order valence-electron chi connectivity index (χ0n) is 19.3. The van der Waals surface area contributed by atoms with E-state index in [4.69, 9.17) is 9.26 Å². The summed E-state index contributed by atoms with van der Waals surface area (Å²) >= 11 is 0. The molecule has 1 fully saturated rings. The van der Waals surface area contributed by atoms with E-state index in [2.05, 4.69) is 22.4 Å². The molecule has 9 heteroatoms. The molecule has 0 radical (unpaired) electrons. The van der Waals surface area contributed by atoms with E-state index in [0.29, 0.717) is 5.89 Å². The van der Waals surface area contributed by atoms with E-state index in [1.54, 1.807) is 6.07 Å². The second-order valence-corrected chi connectivity index (χ2v) is 8.53. The average molecular weight is 490 g/mol. The molecule has 3 rings (SSSR count). The fourth-order valence-electron chi connectivity index (χ4n) is 4.02. The van der Waals surface area contributed by atoms with Crippen LogP contribution in [0.4, 0.5) is 13.2 Å². The molecule has 186 valence electrons. The van der Waals surface area contributed by atoms with E-state index in [1.165, 1.54) is 38.2 Å². The number of hydrogen-bond donors (Lipinski definition) is 1. The Bertz CT molecular complexity index is 824. The van der Waals surface area contributed by atoms with Gasteiger partial charge in [-0.1, -0.05) is 57.0 Å². The van der Waals surface area contributed by atoms with Crippen LogP contribution in [0, 0.1) is 0 Å². The zero-order valence-corrected chi connectivity index (χ0v) is 20.1. The van der Waals surface area contributed by atoms with Gasteiger partial charge in [-0.2, -0.15) is 18.2 Å². The molecular weight excluding hydrogens is 455 g/mol. The summed E-state index contributed by atoms with van der Waals surface area (Å²) in [6.07, 6.45) is 6.36. The van der Waals surface area contributed by atoms with Crippen molar-refractivity contribution in [3.05, 3.63) is 29.7 Å². The molecule has 1 saturated heterocycles. The number of aromatic nitrogens is 2. The lowest BCUT2D eigenvalue weighted by molar-refractivity contribution is -0.138. The van der Waals surface area contributed by atoms with Crippen molar-refractivity contribution in [3.8, 4) is 17.1 Å². The maximum absolute atomic E-state index is 13.7. The average Bonchev–Trinajstić information content (AvgIpc) is 3.28. The summed E-state index contributed by atoms with van der Waals surface area (Å²) < 4.78 is 51.8. The van der Waals surface area contributed by atoms with E-state index in [9.17, 15) is 13.2 Å². The number of nitrogens with zero attached hydrogens (tertiary/aromatic N) is 2. The van der Waals surface area contributed by atoms with Crippen molar-refractivity contribution in [3.63, 3.8) is 0 Å². The smallest absolute Gasteiger partial charge is 0.419 e. The van der Waals surface area contributed by atoms with Crippen LogP contribution in [-0.2, 0) is 6.18 Å². The summed E-state index contributed by atoms with van der Waals surface area (Å²) in [6, 6.07) is 3.98. The minimum absolute atomic E-state index is 0. The Balaban J connectivity index is 0.00000385. The van der Waals surface area contributed by atoms with Crippen molar-refractivity contribution in [2.24, 2.45) is 0 Å². The molecule has 1 aromatic carbocycles. The number of unbranched alkanes of at least 4 members (excludes halogenated alkanes) is 7. The summed E-state index contributed by atoms with van der Waals surface area (Å²) in [5.41, 5.74) is -0.532. The van der Waals surface area contributed by atoms with Gasteiger partial charge in [0.2, 0.25) is 11.7 Å². The predicted molar refractivity (Wildman–Crippen MR) is 125 cm³/mol. The van der Waals surface area contributed by atoms with Gasteiger partial charge in [0.25, 0.3) is 0 Å². The Morgan fingerprint density at radius 1 is 1.09 bits per heavy atom. The Morgan fingerprint density at radius 2 is 1.82 bits per heavy atom. The molecule has 1 atom stereocenters. The standard InChI is InChI=1S/C24H34F3N3O2.ClH/c1-2-3-4-5-6-7-8-9-15-31-21-13-12-18(16-20(21)24(25,26)27)22-29-23(32-30-22)19-11-10-14-28-17-19;/h12-13,16,19,28H,2-11,14-15,17H2,1H3;1H. The number of benzene rings is 1. The van der Waals surface area contributed by atoms with Gasteiger partial charge >= 0.3 is 6.18 Å². The SMILES string of the molecule is CCCCCCCCCCOc1ccc(-c2noc(C3CCCNC3)n2)cc1C(F)(F)F.Cl. The summed E-state index contributed by atoms with van der Waals surface area (Å²) in [4.78, 5) is 4.35. The number of halogens is 4. The maximum atomic E-state index is 13.7. The lowest BCUT2D eigenvalue weighted by Crippen LogP contribution is -2.28. The van der Waals surface area contributed by atoms with Crippen LogP contribution in [0.5, 0.6) is 5.75 Å². The van der Waals surface area contributed by atoms with Gasteiger partial charge in [0.15, 0.2) is 0 Å². The van der Waals surface area contributed by atoms with E-state index < -0.39 is 11.7 Å². The van der Waals surface area contributed by atoms with Crippen LogP contribution in [0.2, 0.25) is 0 Å². The molecule has 33 heavy (non-hydrogen) atoms. The highest BCUT2D eigenvalue weighted by molar-refractivity contribution is 5.85. The molecule has 5 nitrogen and oxygen atoms in total. The van der Waals surface area contributed by atoms with Crippen LogP contribution < -0.4 is 10.1 Å². The van der Waals surface area contributed by atoms with Gasteiger partial charge in [0.05, 0.1) is 18.1 Å². The van der Waals surface area contributed by atoms with Gasteiger partial charge in [-0.3, -0.25) is 0 Å². The fraction of sp³-hybridized carbons (Fsp3) is 0.667. The molecule has 2 heterocycles. The van der Waals surface area contributed by atoms with E-state index in [-0.39, 0.29) is 42.1 Å². The van der Waals surface area contributed by atoms with Crippen LogP contribution in [0.1, 0.15) is 88.5 Å². The number of alkyl halides is 3. The Morgan fingerprint density at radius 3 is 2.48 bits per heavy atom. The molecule has 1 aromatic heterocycles. The quantitative estimate of drug-likeness (QED) is 0.320. The summed E-state index contributed by atoms with van der Waals surface area (Å²) in [5, 5.41) is 7.18. The Labute approximate surface area is 200 Å². The number of hydrogen-bond acceptors (Lipinski definition) is 5. The second-order valence-electron chi connectivity index (χ2n) is 8.53. The molecule has 2 aromatic rings. The van der Waals surface area contributed by atoms with Crippen molar-refractivity contribution in [1.82, 2.24) is 15.5 Å². The maximum Gasteiger partial charge on any atom is 0.419 e. The predicted octanol–water partition coefficient (Wildman–Crippen LogP) is 7.16. The largest absolute Gasteiger partial charge is 0.493 e. The second kappa shape index (κ2) is 13.8. The number of piperidine rings is 1. The van der Waals surface area contributed by atoms with Crippen LogP contribution in [0.25, 0.3) is 11.4 Å². The number of ether oxygens (including phenoxy) is 1. The molecule has 0 saturated carbocycles. The van der Waals surface area contributed by atoms with E-state index in [1.807, 2.05) is 0 Å². The summed E-state index contributed by atoms with van der Waals surface area (Å²) in [5.74, 6) is 0.590. The summed E-state index contributed by atoms with van der Waals surface area (Å²) in [6.45, 7) is 4.15. The lowest BCUT2D eigenvalue weighted by atomic mass is 10.00. The first-order valence-corrected chi connectivity index (χ1v) is 11.9. The zero-order chi connectivity index (χ0) is 22.8. The topological polar surface area (TPSA) is 60.2 Å². The van der Waals surface area contributed by atoms with E-state index in [0.717, 1.165) is 51.3 Å². The van der Waals surface area contributed by atoms with Crippen molar-refractivity contribution in [2.45, 2.75) is 83.2 Å². The van der Waals surface area contributed by atoms with Crippen LogP contribution >= 0.6 is 12.4 Å². The minimum Gasteiger partial charge on any atom is -0.493 e. The first-order chi connectivity index (χ1) is 15.5. The first kappa shape index (κ1) is 27.4. The number of nitrogens with one attached hydrogen (secondary N) is 1. The highest BCUT2D eigenvalue weighted by Crippen LogP contribution is 2.38. The van der Waals surface area contributed by atoms with Gasteiger partial charge in [0, 0.05) is 12.1 Å². The molecule has 1 N–H and O–H groups in total. The van der Waals surface area contributed by atoms with Gasteiger partial charge in [-0.05, 0) is 44.0 Å². The highest BCUT2D eigenvalue weighted by atomic mass is 35.5. The molecule has 0 amide bonds.